The molecule has 0 radical (unpaired) electrons. The maximum atomic E-state index is 12.2. The van der Waals surface area contributed by atoms with Gasteiger partial charge in [-0.3, -0.25) is 15.1 Å². The number of H-pyrrole nitrogens is 1. The predicted octanol–water partition coefficient (Wildman–Crippen LogP) is 2.69. The molecular weight excluding hydrogens is 278 g/mol. The van der Waals surface area contributed by atoms with Crippen molar-refractivity contribution in [3.05, 3.63) is 65.7 Å². The summed E-state index contributed by atoms with van der Waals surface area (Å²) >= 11 is 0. The van der Waals surface area contributed by atoms with Gasteiger partial charge < -0.3 is 0 Å². The van der Waals surface area contributed by atoms with E-state index in [1.54, 1.807) is 5.48 Å². The number of amides is 1. The molecule has 0 saturated heterocycles. The van der Waals surface area contributed by atoms with Crippen LogP contribution in [-0.4, -0.2) is 21.3 Å². The minimum atomic E-state index is -0.565. The Morgan fingerprint density at radius 2 is 1.82 bits per heavy atom. The molecule has 0 bridgehead atoms. The van der Waals surface area contributed by atoms with Crippen LogP contribution >= 0.6 is 0 Å². The molecule has 108 valence electrons. The van der Waals surface area contributed by atoms with Crippen molar-refractivity contribution in [1.82, 2.24) is 15.7 Å². The predicted molar refractivity (Wildman–Crippen MR) is 81.2 cm³/mol. The van der Waals surface area contributed by atoms with Gasteiger partial charge in [-0.1, -0.05) is 54.6 Å². The molecule has 1 unspecified atom stereocenters. The molecule has 1 atom stereocenters. The van der Waals surface area contributed by atoms with Crippen molar-refractivity contribution in [3.8, 4) is 22.5 Å². The molecule has 5 heteroatoms. The molecule has 1 aromatic heterocycles. The molecule has 5 nitrogen and oxygen atoms in total. The van der Waals surface area contributed by atoms with Crippen molar-refractivity contribution >= 4 is 5.91 Å². The van der Waals surface area contributed by atoms with Crippen LogP contribution in [0.25, 0.3) is 22.5 Å². The average Bonchev–Trinajstić information content (AvgIpc) is 3.13. The molecule has 4 rings (SSSR count). The normalized spacial score (nSPS) is 15.2. The molecule has 1 aliphatic carbocycles. The molecule has 2 aromatic carbocycles. The van der Waals surface area contributed by atoms with Gasteiger partial charge in [0.1, 0.15) is 0 Å². The summed E-state index contributed by atoms with van der Waals surface area (Å²) in [5, 5.41) is 16.5. The van der Waals surface area contributed by atoms with Gasteiger partial charge in [-0.25, -0.2) is 5.48 Å². The fourth-order valence-corrected chi connectivity index (χ4v) is 3.12. The van der Waals surface area contributed by atoms with Crippen LogP contribution in [-0.2, 0) is 4.79 Å². The Morgan fingerprint density at radius 3 is 2.59 bits per heavy atom. The maximum Gasteiger partial charge on any atom is 0.255 e. The van der Waals surface area contributed by atoms with Gasteiger partial charge in [0.05, 0.1) is 17.3 Å². The second-order valence-electron chi connectivity index (χ2n) is 5.22. The Hall–Kier alpha value is -2.92. The second kappa shape index (κ2) is 4.82. The van der Waals surface area contributed by atoms with Crippen LogP contribution in [0.2, 0.25) is 0 Å². The van der Waals surface area contributed by atoms with Crippen molar-refractivity contribution < 1.29 is 10.0 Å². The van der Waals surface area contributed by atoms with Crippen molar-refractivity contribution in [2.24, 2.45) is 0 Å². The number of nitrogens with one attached hydrogen (secondary N) is 2. The minimum absolute atomic E-state index is 0.454. The number of rotatable bonds is 2. The zero-order valence-electron chi connectivity index (χ0n) is 11.6. The van der Waals surface area contributed by atoms with Crippen molar-refractivity contribution in [2.45, 2.75) is 5.92 Å². The van der Waals surface area contributed by atoms with Crippen molar-refractivity contribution in [3.63, 3.8) is 0 Å². The van der Waals surface area contributed by atoms with Crippen LogP contribution in [0.15, 0.2) is 54.6 Å². The number of aromatic nitrogens is 2. The lowest BCUT2D eigenvalue weighted by Crippen LogP contribution is -2.26. The summed E-state index contributed by atoms with van der Waals surface area (Å²) in [6, 6.07) is 17.4. The number of benzene rings is 2. The smallest absolute Gasteiger partial charge is 0.255 e. The highest BCUT2D eigenvalue weighted by molar-refractivity contribution is 5.97. The first kappa shape index (κ1) is 12.8. The maximum absolute atomic E-state index is 12.2. The van der Waals surface area contributed by atoms with Gasteiger partial charge in [-0.2, -0.15) is 5.10 Å². The molecule has 1 heterocycles. The fraction of sp³-hybridized carbons (Fsp3) is 0.0588. The lowest BCUT2D eigenvalue weighted by atomic mass is 9.93. The van der Waals surface area contributed by atoms with E-state index in [-0.39, 0.29) is 0 Å². The second-order valence-corrected chi connectivity index (χ2v) is 5.22. The molecule has 0 spiro atoms. The van der Waals surface area contributed by atoms with E-state index in [1.165, 1.54) is 0 Å². The van der Waals surface area contributed by atoms with Gasteiger partial charge >= 0.3 is 0 Å². The van der Waals surface area contributed by atoms with Crippen LogP contribution in [0.5, 0.6) is 0 Å². The topological polar surface area (TPSA) is 78.0 Å². The van der Waals surface area contributed by atoms with Gasteiger partial charge in [-0.05, 0) is 5.56 Å². The van der Waals surface area contributed by atoms with Crippen molar-refractivity contribution in [2.75, 3.05) is 0 Å². The monoisotopic (exact) mass is 291 g/mol. The molecular formula is C17H13N3O2. The van der Waals surface area contributed by atoms with E-state index in [0.29, 0.717) is 0 Å². The van der Waals surface area contributed by atoms with E-state index >= 15 is 0 Å². The van der Waals surface area contributed by atoms with Crippen molar-refractivity contribution in [1.29, 1.82) is 0 Å². The lowest BCUT2D eigenvalue weighted by molar-refractivity contribution is -0.129. The van der Waals surface area contributed by atoms with Crippen LogP contribution in [0.1, 0.15) is 17.0 Å². The van der Waals surface area contributed by atoms with Crippen LogP contribution < -0.4 is 5.48 Å². The highest BCUT2D eigenvalue weighted by atomic mass is 16.5. The zero-order valence-corrected chi connectivity index (χ0v) is 11.6. The van der Waals surface area contributed by atoms with Gasteiger partial charge in [0, 0.05) is 16.7 Å². The first-order valence-electron chi connectivity index (χ1n) is 6.98. The van der Waals surface area contributed by atoms with Gasteiger partial charge in [0.25, 0.3) is 5.91 Å². The number of nitrogens with zero attached hydrogens (tertiary/aromatic N) is 1. The van der Waals surface area contributed by atoms with Crippen LogP contribution in [0.3, 0.4) is 0 Å². The third-order valence-electron chi connectivity index (χ3n) is 4.05. The Kier molecular flexibility index (Phi) is 2.80. The van der Waals surface area contributed by atoms with Gasteiger partial charge in [0.2, 0.25) is 0 Å². The summed E-state index contributed by atoms with van der Waals surface area (Å²) in [6.45, 7) is 0. The summed E-state index contributed by atoms with van der Waals surface area (Å²) in [5.41, 5.74) is 6.90. The lowest BCUT2D eigenvalue weighted by Gasteiger charge is -2.11. The highest BCUT2D eigenvalue weighted by Crippen LogP contribution is 2.47. The first-order valence-corrected chi connectivity index (χ1v) is 6.98. The van der Waals surface area contributed by atoms with Gasteiger partial charge in [0.15, 0.2) is 0 Å². The van der Waals surface area contributed by atoms with Crippen LogP contribution in [0.4, 0.5) is 0 Å². The van der Waals surface area contributed by atoms with E-state index in [9.17, 15) is 4.79 Å². The number of hydrogen-bond donors (Lipinski definition) is 3. The van der Waals surface area contributed by atoms with Crippen LogP contribution in [0, 0.1) is 0 Å². The number of hydroxylamine groups is 1. The summed E-state index contributed by atoms with van der Waals surface area (Å²) in [7, 11) is 0. The molecule has 1 amide bonds. The molecule has 1 aliphatic rings. The van der Waals surface area contributed by atoms with E-state index in [4.69, 9.17) is 5.21 Å². The quantitative estimate of drug-likeness (QED) is 0.502. The Balaban J connectivity index is 1.97. The third kappa shape index (κ3) is 1.69. The molecule has 0 aliphatic heterocycles. The van der Waals surface area contributed by atoms with E-state index in [0.717, 1.165) is 33.6 Å². The molecule has 3 N–H and O–H groups in total. The Labute approximate surface area is 126 Å². The van der Waals surface area contributed by atoms with E-state index < -0.39 is 11.8 Å². The third-order valence-corrected chi connectivity index (χ3v) is 4.05. The molecule has 22 heavy (non-hydrogen) atoms. The van der Waals surface area contributed by atoms with Gasteiger partial charge in [-0.15, -0.1) is 0 Å². The molecule has 0 saturated carbocycles. The number of aromatic amines is 1. The summed E-state index contributed by atoms with van der Waals surface area (Å²) in [4.78, 5) is 12.2. The molecule has 3 aromatic rings. The minimum Gasteiger partial charge on any atom is -0.289 e. The first-order chi connectivity index (χ1) is 10.8. The summed E-state index contributed by atoms with van der Waals surface area (Å²) in [6.07, 6.45) is 0. The summed E-state index contributed by atoms with van der Waals surface area (Å²) < 4.78 is 0. The zero-order chi connectivity index (χ0) is 15.1. The number of fused-ring (bicyclic) bond motifs is 3. The number of hydrogen-bond acceptors (Lipinski definition) is 3. The van der Waals surface area contributed by atoms with E-state index in [2.05, 4.69) is 10.2 Å². The average molecular weight is 291 g/mol. The Morgan fingerprint density at radius 1 is 1.09 bits per heavy atom. The standard InChI is InChI=1S/C17H13N3O2/c21-17(20-22)13-11-8-4-5-9-12(11)16-14(13)15(18-19-16)10-6-2-1-3-7-10/h1-9,13,22H,(H,18,19)(H,20,21). The number of carbonyl (C=O) groups is 1. The summed E-state index contributed by atoms with van der Waals surface area (Å²) in [5.74, 6) is -1.02. The SMILES string of the molecule is O=C(NO)C1c2ccccc2-c2[nH]nc(-c3ccccc3)c21. The largest absolute Gasteiger partial charge is 0.289 e. The molecule has 0 fully saturated rings. The number of carbonyl (C=O) groups excluding carboxylic acids is 1. The Bertz CT molecular complexity index is 855. The highest BCUT2D eigenvalue weighted by Gasteiger charge is 2.38. The van der Waals surface area contributed by atoms with E-state index in [1.807, 2.05) is 54.6 Å². The fourth-order valence-electron chi connectivity index (χ4n) is 3.12.